The molecule has 0 aliphatic rings. The summed E-state index contributed by atoms with van der Waals surface area (Å²) in [5, 5.41) is 9.45. The molecule has 4 heteroatoms. The van der Waals surface area contributed by atoms with Crippen LogP contribution in [0.1, 0.15) is 37.0 Å². The first-order valence-corrected chi connectivity index (χ1v) is 5.62. The van der Waals surface area contributed by atoms with Gasteiger partial charge in [0.1, 0.15) is 11.3 Å². The number of carboxylic acid groups (broad SMARTS) is 1. The molecule has 0 aliphatic heterocycles. The number of halogens is 1. The molecule has 1 rings (SSSR count). The van der Waals surface area contributed by atoms with Crippen molar-refractivity contribution in [2.45, 2.75) is 32.8 Å². The van der Waals surface area contributed by atoms with Gasteiger partial charge in [0, 0.05) is 5.02 Å². The van der Waals surface area contributed by atoms with Gasteiger partial charge in [-0.2, -0.15) is 0 Å². The van der Waals surface area contributed by atoms with E-state index in [2.05, 4.69) is 6.92 Å². The van der Waals surface area contributed by atoms with Crippen molar-refractivity contribution in [2.24, 2.45) is 0 Å². The fraction of sp³-hybridized carbons (Fsp3) is 0.417. The van der Waals surface area contributed by atoms with E-state index in [0.29, 0.717) is 10.8 Å². The van der Waals surface area contributed by atoms with E-state index < -0.39 is 5.97 Å². The Morgan fingerprint density at radius 3 is 2.81 bits per heavy atom. The molecule has 3 nitrogen and oxygen atoms in total. The van der Waals surface area contributed by atoms with Crippen LogP contribution in [0.2, 0.25) is 5.02 Å². The summed E-state index contributed by atoms with van der Waals surface area (Å²) in [5.41, 5.74) is 0.146. The van der Waals surface area contributed by atoms with Gasteiger partial charge in [0.2, 0.25) is 0 Å². The molecule has 1 aromatic rings. The quantitative estimate of drug-likeness (QED) is 0.858. The zero-order valence-electron chi connectivity index (χ0n) is 9.37. The van der Waals surface area contributed by atoms with Gasteiger partial charge >= 0.3 is 5.97 Å². The second kappa shape index (κ2) is 5.75. The summed E-state index contributed by atoms with van der Waals surface area (Å²) in [7, 11) is 0. The van der Waals surface area contributed by atoms with Crippen LogP contribution in [0.4, 0.5) is 0 Å². The van der Waals surface area contributed by atoms with Gasteiger partial charge in [-0.3, -0.25) is 0 Å². The highest BCUT2D eigenvalue weighted by Crippen LogP contribution is 2.25. The lowest BCUT2D eigenvalue weighted by Crippen LogP contribution is -2.13. The van der Waals surface area contributed by atoms with Crippen LogP contribution in [0.5, 0.6) is 5.75 Å². The first-order valence-electron chi connectivity index (χ1n) is 5.24. The Bertz CT molecular complexity index is 377. The Morgan fingerprint density at radius 1 is 1.56 bits per heavy atom. The van der Waals surface area contributed by atoms with E-state index in [4.69, 9.17) is 21.4 Å². The maximum Gasteiger partial charge on any atom is 0.339 e. The van der Waals surface area contributed by atoms with Gasteiger partial charge in [0.05, 0.1) is 6.10 Å². The van der Waals surface area contributed by atoms with Gasteiger partial charge in [0.25, 0.3) is 0 Å². The predicted octanol–water partition coefficient (Wildman–Crippen LogP) is 3.61. The number of carbonyl (C=O) groups is 1. The van der Waals surface area contributed by atoms with Gasteiger partial charge in [-0.1, -0.05) is 24.9 Å². The van der Waals surface area contributed by atoms with Crippen molar-refractivity contribution < 1.29 is 14.6 Å². The molecular formula is C12H15ClO3. The summed E-state index contributed by atoms with van der Waals surface area (Å²) in [6, 6.07) is 4.54. The third-order valence-electron chi connectivity index (χ3n) is 2.20. The Morgan fingerprint density at radius 2 is 2.25 bits per heavy atom. The SMILES string of the molecule is CCCC(C)Oc1cc(Cl)ccc1C(=O)O. The molecule has 16 heavy (non-hydrogen) atoms. The Balaban J connectivity index is 2.92. The molecular weight excluding hydrogens is 228 g/mol. The number of carboxylic acids is 1. The Hall–Kier alpha value is -1.22. The van der Waals surface area contributed by atoms with Crippen molar-refractivity contribution in [3.8, 4) is 5.75 Å². The summed E-state index contributed by atoms with van der Waals surface area (Å²) in [4.78, 5) is 10.9. The maximum atomic E-state index is 10.9. The molecule has 0 amide bonds. The monoisotopic (exact) mass is 242 g/mol. The third-order valence-corrected chi connectivity index (χ3v) is 2.43. The average Bonchev–Trinajstić information content (AvgIpc) is 2.17. The van der Waals surface area contributed by atoms with Crippen molar-refractivity contribution in [2.75, 3.05) is 0 Å². The van der Waals surface area contributed by atoms with Crippen LogP contribution in [-0.2, 0) is 0 Å². The lowest BCUT2D eigenvalue weighted by atomic mass is 10.2. The van der Waals surface area contributed by atoms with E-state index in [-0.39, 0.29) is 11.7 Å². The topological polar surface area (TPSA) is 46.5 Å². The highest BCUT2D eigenvalue weighted by Gasteiger charge is 2.13. The second-order valence-corrected chi connectivity index (χ2v) is 4.10. The molecule has 1 N–H and O–H groups in total. The number of rotatable bonds is 5. The summed E-state index contributed by atoms with van der Waals surface area (Å²) in [5.74, 6) is -0.670. The van der Waals surface area contributed by atoms with E-state index in [1.54, 1.807) is 6.07 Å². The Labute approximate surface area is 100.0 Å². The van der Waals surface area contributed by atoms with E-state index in [9.17, 15) is 4.79 Å². The van der Waals surface area contributed by atoms with Crippen LogP contribution in [0.3, 0.4) is 0 Å². The number of aromatic carboxylic acids is 1. The minimum atomic E-state index is -1.00. The largest absolute Gasteiger partial charge is 0.490 e. The molecule has 0 bridgehead atoms. The van der Waals surface area contributed by atoms with Crippen LogP contribution >= 0.6 is 11.6 Å². The standard InChI is InChI=1S/C12H15ClO3/c1-3-4-8(2)16-11-7-9(13)5-6-10(11)12(14)15/h5-8H,3-4H2,1-2H3,(H,14,15). The van der Waals surface area contributed by atoms with Gasteiger partial charge in [-0.25, -0.2) is 4.79 Å². The van der Waals surface area contributed by atoms with Crippen molar-refractivity contribution in [3.63, 3.8) is 0 Å². The van der Waals surface area contributed by atoms with E-state index in [0.717, 1.165) is 12.8 Å². The number of ether oxygens (including phenoxy) is 1. The molecule has 0 saturated carbocycles. The molecule has 0 radical (unpaired) electrons. The highest BCUT2D eigenvalue weighted by atomic mass is 35.5. The summed E-state index contributed by atoms with van der Waals surface area (Å²) >= 11 is 5.81. The minimum absolute atomic E-state index is 0.0124. The predicted molar refractivity (Wildman–Crippen MR) is 63.4 cm³/mol. The van der Waals surface area contributed by atoms with Crippen LogP contribution in [0.25, 0.3) is 0 Å². The fourth-order valence-corrected chi connectivity index (χ4v) is 1.61. The van der Waals surface area contributed by atoms with E-state index >= 15 is 0 Å². The molecule has 0 aliphatic carbocycles. The molecule has 88 valence electrons. The zero-order chi connectivity index (χ0) is 12.1. The molecule has 0 spiro atoms. The minimum Gasteiger partial charge on any atom is -0.490 e. The lowest BCUT2D eigenvalue weighted by Gasteiger charge is -2.15. The van der Waals surface area contributed by atoms with Crippen molar-refractivity contribution >= 4 is 17.6 Å². The van der Waals surface area contributed by atoms with Crippen LogP contribution in [-0.4, -0.2) is 17.2 Å². The lowest BCUT2D eigenvalue weighted by molar-refractivity contribution is 0.0689. The first kappa shape index (κ1) is 12.8. The molecule has 1 atom stereocenters. The molecule has 0 aromatic heterocycles. The number of benzene rings is 1. The number of hydrogen-bond donors (Lipinski definition) is 1. The molecule has 0 fully saturated rings. The third kappa shape index (κ3) is 3.42. The highest BCUT2D eigenvalue weighted by molar-refractivity contribution is 6.30. The summed E-state index contributed by atoms with van der Waals surface area (Å²) < 4.78 is 5.56. The van der Waals surface area contributed by atoms with Crippen LogP contribution in [0.15, 0.2) is 18.2 Å². The van der Waals surface area contributed by atoms with Crippen molar-refractivity contribution in [1.29, 1.82) is 0 Å². The van der Waals surface area contributed by atoms with Gasteiger partial charge in [-0.05, 0) is 31.5 Å². The second-order valence-electron chi connectivity index (χ2n) is 3.66. The normalized spacial score (nSPS) is 12.2. The number of hydrogen-bond acceptors (Lipinski definition) is 2. The molecule has 1 unspecified atom stereocenters. The molecule has 0 saturated heterocycles. The maximum absolute atomic E-state index is 10.9. The molecule has 0 heterocycles. The first-order chi connectivity index (χ1) is 7.54. The van der Waals surface area contributed by atoms with Gasteiger partial charge in [0.15, 0.2) is 0 Å². The average molecular weight is 243 g/mol. The Kier molecular flexibility index (Phi) is 4.62. The van der Waals surface area contributed by atoms with E-state index in [1.807, 2.05) is 6.92 Å². The summed E-state index contributed by atoms with van der Waals surface area (Å²) in [6.07, 6.45) is 1.86. The van der Waals surface area contributed by atoms with Crippen molar-refractivity contribution in [3.05, 3.63) is 28.8 Å². The smallest absolute Gasteiger partial charge is 0.339 e. The van der Waals surface area contributed by atoms with E-state index in [1.165, 1.54) is 12.1 Å². The van der Waals surface area contributed by atoms with Gasteiger partial charge < -0.3 is 9.84 Å². The summed E-state index contributed by atoms with van der Waals surface area (Å²) in [6.45, 7) is 3.96. The zero-order valence-corrected chi connectivity index (χ0v) is 10.1. The van der Waals surface area contributed by atoms with Crippen LogP contribution < -0.4 is 4.74 Å². The molecule has 1 aromatic carbocycles. The van der Waals surface area contributed by atoms with Crippen LogP contribution in [0, 0.1) is 0 Å². The van der Waals surface area contributed by atoms with Gasteiger partial charge in [-0.15, -0.1) is 0 Å². The fourth-order valence-electron chi connectivity index (χ4n) is 1.45. The van der Waals surface area contributed by atoms with Crippen molar-refractivity contribution in [1.82, 2.24) is 0 Å².